The number of halogens is 3. The van der Waals surface area contributed by atoms with Crippen LogP contribution in [-0.2, 0) is 19.3 Å². The van der Waals surface area contributed by atoms with Crippen molar-refractivity contribution in [2.24, 2.45) is 0 Å². The summed E-state index contributed by atoms with van der Waals surface area (Å²) < 4.78 is 50.4. The molecule has 0 saturated heterocycles. The number of hydrogen-bond donors (Lipinski definition) is 2. The van der Waals surface area contributed by atoms with Crippen LogP contribution in [0.2, 0.25) is 0 Å². The SMILES string of the molecule is N=c1[nH]c(=O)on1Cc1cccc(-c2cccc(OCc3cccc(C(F)(F)F)c3)c2)c1. The van der Waals surface area contributed by atoms with Crippen molar-refractivity contribution in [2.45, 2.75) is 19.3 Å². The number of nitrogens with zero attached hydrogens (tertiary/aromatic N) is 1. The van der Waals surface area contributed by atoms with Gasteiger partial charge in [0.2, 0.25) is 5.62 Å². The molecule has 1 aromatic heterocycles. The van der Waals surface area contributed by atoms with Crippen LogP contribution in [-0.4, -0.2) is 9.72 Å². The van der Waals surface area contributed by atoms with Gasteiger partial charge < -0.3 is 9.26 Å². The van der Waals surface area contributed by atoms with E-state index in [4.69, 9.17) is 14.7 Å². The van der Waals surface area contributed by atoms with Crippen molar-refractivity contribution in [3.63, 3.8) is 0 Å². The molecule has 32 heavy (non-hydrogen) atoms. The zero-order valence-electron chi connectivity index (χ0n) is 16.6. The van der Waals surface area contributed by atoms with Gasteiger partial charge in [0.1, 0.15) is 12.4 Å². The van der Waals surface area contributed by atoms with Gasteiger partial charge in [0, 0.05) is 0 Å². The number of ether oxygens (including phenoxy) is 1. The molecule has 1 heterocycles. The van der Waals surface area contributed by atoms with Gasteiger partial charge >= 0.3 is 11.9 Å². The highest BCUT2D eigenvalue weighted by Crippen LogP contribution is 2.30. The highest BCUT2D eigenvalue weighted by atomic mass is 19.4. The van der Waals surface area contributed by atoms with Gasteiger partial charge in [0.05, 0.1) is 12.1 Å². The zero-order chi connectivity index (χ0) is 22.7. The van der Waals surface area contributed by atoms with Gasteiger partial charge in [0.15, 0.2) is 0 Å². The molecular formula is C23H18F3N3O3. The second-order valence-electron chi connectivity index (χ2n) is 7.10. The number of H-pyrrole nitrogens is 1. The van der Waals surface area contributed by atoms with Crippen LogP contribution in [0.25, 0.3) is 11.1 Å². The number of hydrogen-bond acceptors (Lipinski definition) is 4. The highest BCUT2D eigenvalue weighted by Gasteiger charge is 2.30. The predicted molar refractivity (Wildman–Crippen MR) is 110 cm³/mol. The van der Waals surface area contributed by atoms with Crippen molar-refractivity contribution in [2.75, 3.05) is 0 Å². The van der Waals surface area contributed by atoms with Crippen molar-refractivity contribution in [3.8, 4) is 16.9 Å². The maximum Gasteiger partial charge on any atom is 0.438 e. The van der Waals surface area contributed by atoms with E-state index in [1.54, 1.807) is 24.3 Å². The molecule has 0 unspecified atom stereocenters. The fourth-order valence-corrected chi connectivity index (χ4v) is 3.22. The molecule has 0 fully saturated rings. The van der Waals surface area contributed by atoms with Gasteiger partial charge in [-0.25, -0.2) is 4.79 Å². The lowest BCUT2D eigenvalue weighted by Gasteiger charge is -2.11. The Hall–Kier alpha value is -4.01. The fraction of sp³-hybridized carbons (Fsp3) is 0.130. The minimum absolute atomic E-state index is 0.00283. The van der Waals surface area contributed by atoms with E-state index < -0.39 is 17.5 Å². The fourth-order valence-electron chi connectivity index (χ4n) is 3.22. The third kappa shape index (κ3) is 5.00. The largest absolute Gasteiger partial charge is 0.489 e. The van der Waals surface area contributed by atoms with E-state index in [0.717, 1.165) is 33.6 Å². The Balaban J connectivity index is 1.50. The van der Waals surface area contributed by atoms with E-state index >= 15 is 0 Å². The third-order valence-electron chi connectivity index (χ3n) is 4.74. The Morgan fingerprint density at radius 2 is 1.62 bits per heavy atom. The van der Waals surface area contributed by atoms with Gasteiger partial charge in [-0.2, -0.15) is 17.9 Å². The number of rotatable bonds is 6. The number of aromatic amines is 1. The summed E-state index contributed by atoms with van der Waals surface area (Å²) >= 11 is 0. The van der Waals surface area contributed by atoms with Crippen molar-refractivity contribution >= 4 is 0 Å². The van der Waals surface area contributed by atoms with Crippen LogP contribution in [0.15, 0.2) is 82.1 Å². The molecular weight excluding hydrogens is 423 g/mol. The van der Waals surface area contributed by atoms with Crippen LogP contribution in [0.3, 0.4) is 0 Å². The maximum atomic E-state index is 12.9. The first-order chi connectivity index (χ1) is 15.3. The Labute approximate surface area is 180 Å². The van der Waals surface area contributed by atoms with Crippen LogP contribution in [0.1, 0.15) is 16.7 Å². The van der Waals surface area contributed by atoms with Crippen molar-refractivity contribution in [1.29, 1.82) is 5.41 Å². The van der Waals surface area contributed by atoms with E-state index in [2.05, 4.69) is 4.98 Å². The molecule has 0 aliphatic carbocycles. The summed E-state index contributed by atoms with van der Waals surface area (Å²) in [5, 5.41) is 7.69. The van der Waals surface area contributed by atoms with Crippen LogP contribution in [0.5, 0.6) is 5.75 Å². The van der Waals surface area contributed by atoms with Gasteiger partial charge in [-0.15, -0.1) is 0 Å². The summed E-state index contributed by atoms with van der Waals surface area (Å²) in [6.07, 6.45) is -4.40. The molecule has 0 amide bonds. The predicted octanol–water partition coefficient (Wildman–Crippen LogP) is 4.56. The summed E-state index contributed by atoms with van der Waals surface area (Å²) in [6, 6.07) is 19.7. The summed E-state index contributed by atoms with van der Waals surface area (Å²) in [4.78, 5) is 13.5. The molecule has 3 aromatic carbocycles. The monoisotopic (exact) mass is 441 g/mol. The summed E-state index contributed by atoms with van der Waals surface area (Å²) in [5.74, 6) is -0.179. The van der Waals surface area contributed by atoms with Gasteiger partial charge in [-0.05, 0) is 52.6 Å². The molecule has 9 heteroatoms. The first-order valence-corrected chi connectivity index (χ1v) is 9.61. The first kappa shape index (κ1) is 21.2. The Bertz CT molecular complexity index is 1350. The molecule has 2 N–H and O–H groups in total. The second kappa shape index (κ2) is 8.62. The van der Waals surface area contributed by atoms with Gasteiger partial charge in [-0.3, -0.25) is 10.4 Å². The molecule has 4 rings (SSSR count). The summed E-state index contributed by atoms with van der Waals surface area (Å²) in [6.45, 7) is 0.208. The van der Waals surface area contributed by atoms with E-state index in [1.807, 2.05) is 30.3 Å². The molecule has 0 atom stereocenters. The van der Waals surface area contributed by atoms with Crippen molar-refractivity contribution in [3.05, 3.63) is 106 Å². The molecule has 6 nitrogen and oxygen atoms in total. The number of nitrogens with one attached hydrogen (secondary N) is 2. The molecule has 4 aromatic rings. The summed E-state index contributed by atoms with van der Waals surface area (Å²) in [5.41, 5.74) is 2.11. The minimum atomic E-state index is -4.40. The Kier molecular flexibility index (Phi) is 5.72. The highest BCUT2D eigenvalue weighted by molar-refractivity contribution is 5.65. The van der Waals surface area contributed by atoms with Crippen LogP contribution < -0.4 is 16.1 Å². The minimum Gasteiger partial charge on any atom is -0.489 e. The van der Waals surface area contributed by atoms with E-state index in [-0.39, 0.29) is 18.8 Å². The quantitative estimate of drug-likeness (QED) is 0.460. The molecule has 0 bridgehead atoms. The molecule has 0 saturated carbocycles. The summed E-state index contributed by atoms with van der Waals surface area (Å²) in [7, 11) is 0. The molecule has 164 valence electrons. The smallest absolute Gasteiger partial charge is 0.438 e. The van der Waals surface area contributed by atoms with E-state index in [1.165, 1.54) is 6.07 Å². The molecule has 0 spiro atoms. The van der Waals surface area contributed by atoms with Crippen LogP contribution in [0, 0.1) is 5.41 Å². The van der Waals surface area contributed by atoms with E-state index in [9.17, 15) is 18.0 Å². The second-order valence-corrected chi connectivity index (χ2v) is 7.10. The topological polar surface area (TPSA) is 84.0 Å². The normalized spacial score (nSPS) is 11.5. The van der Waals surface area contributed by atoms with E-state index in [0.29, 0.717) is 11.3 Å². The van der Waals surface area contributed by atoms with Crippen LogP contribution >= 0.6 is 0 Å². The third-order valence-corrected chi connectivity index (χ3v) is 4.74. The zero-order valence-corrected chi connectivity index (χ0v) is 16.6. The number of aromatic nitrogens is 2. The number of alkyl halides is 3. The lowest BCUT2D eigenvalue weighted by atomic mass is 10.0. The average Bonchev–Trinajstić information content (AvgIpc) is 3.09. The average molecular weight is 441 g/mol. The lowest BCUT2D eigenvalue weighted by Crippen LogP contribution is -2.17. The molecule has 0 aliphatic heterocycles. The van der Waals surface area contributed by atoms with Gasteiger partial charge in [-0.1, -0.05) is 42.5 Å². The maximum absolute atomic E-state index is 12.9. The van der Waals surface area contributed by atoms with Gasteiger partial charge in [0.25, 0.3) is 0 Å². The van der Waals surface area contributed by atoms with Crippen molar-refractivity contribution < 1.29 is 22.4 Å². The standard InChI is InChI=1S/C23H18F3N3O3/c24-23(25,26)19-8-2-5-16(11-19)14-31-20-9-3-7-18(12-20)17-6-1-4-15(10-17)13-29-21(27)28-22(30)32-29/h1-12H,13-14H2,(H2,27,28,30). The molecule has 0 aliphatic rings. The Morgan fingerprint density at radius 1 is 0.938 bits per heavy atom. The lowest BCUT2D eigenvalue weighted by molar-refractivity contribution is -0.137. The van der Waals surface area contributed by atoms with Crippen molar-refractivity contribution in [1.82, 2.24) is 9.72 Å². The number of benzene rings is 3. The molecule has 0 radical (unpaired) electrons. The van der Waals surface area contributed by atoms with Crippen LogP contribution in [0.4, 0.5) is 13.2 Å². The first-order valence-electron chi connectivity index (χ1n) is 9.61. The Morgan fingerprint density at radius 3 is 2.34 bits per heavy atom.